The molecule has 4 rings (SSSR count). The van der Waals surface area contributed by atoms with E-state index in [1.165, 1.54) is 33.3 Å². The van der Waals surface area contributed by atoms with E-state index in [1.54, 1.807) is 11.3 Å². The third-order valence-corrected chi connectivity index (χ3v) is 6.82. The molecule has 9 heteroatoms. The fourth-order valence-electron chi connectivity index (χ4n) is 3.35. The van der Waals surface area contributed by atoms with Crippen LogP contribution in [0.3, 0.4) is 0 Å². The molecular formula is C16H20N4O2S3. The molecule has 1 N–H and O–H groups in total. The normalized spacial score (nSPS) is 17.6. The molecule has 0 atom stereocenters. The lowest BCUT2D eigenvalue weighted by molar-refractivity contribution is 0.0687. The average Bonchev–Trinajstić information content (AvgIpc) is 3.03. The molecule has 2 aliphatic rings. The van der Waals surface area contributed by atoms with E-state index in [2.05, 4.69) is 5.43 Å². The van der Waals surface area contributed by atoms with Crippen LogP contribution >= 0.6 is 35.3 Å². The lowest BCUT2D eigenvalue weighted by Gasteiger charge is -2.29. The Morgan fingerprint density at radius 1 is 1.32 bits per heavy atom. The summed E-state index contributed by atoms with van der Waals surface area (Å²) in [5, 5.41) is 1.97. The number of thiocarbonyl (C=S) groups is 1. The zero-order chi connectivity index (χ0) is 17.4. The molecule has 0 amide bonds. The van der Waals surface area contributed by atoms with Gasteiger partial charge in [0.2, 0.25) is 0 Å². The number of thiophene rings is 1. The van der Waals surface area contributed by atoms with Crippen LogP contribution in [0.25, 0.3) is 10.2 Å². The first-order valence-electron chi connectivity index (χ1n) is 8.44. The number of rotatable bonds is 2. The van der Waals surface area contributed by atoms with Crippen LogP contribution in [-0.2, 0) is 17.6 Å². The number of nitrogens with zero attached hydrogens (tertiary/aromatic N) is 3. The summed E-state index contributed by atoms with van der Waals surface area (Å²) in [5.41, 5.74) is 4.28. The van der Waals surface area contributed by atoms with Gasteiger partial charge in [-0.2, -0.15) is 4.68 Å². The third kappa shape index (κ3) is 3.18. The third-order valence-electron chi connectivity index (χ3n) is 4.65. The van der Waals surface area contributed by atoms with Crippen molar-refractivity contribution in [3.63, 3.8) is 0 Å². The van der Waals surface area contributed by atoms with Crippen molar-refractivity contribution in [2.75, 3.05) is 38.0 Å². The summed E-state index contributed by atoms with van der Waals surface area (Å²) >= 11 is 8.64. The molecule has 6 nitrogen and oxygen atoms in total. The highest BCUT2D eigenvalue weighted by Crippen LogP contribution is 2.34. The van der Waals surface area contributed by atoms with Gasteiger partial charge < -0.3 is 9.64 Å². The van der Waals surface area contributed by atoms with E-state index in [4.69, 9.17) is 21.9 Å². The van der Waals surface area contributed by atoms with Crippen LogP contribution in [0.4, 0.5) is 0 Å². The Balaban J connectivity index is 1.75. The first-order chi connectivity index (χ1) is 12.2. The second-order valence-electron chi connectivity index (χ2n) is 6.15. The molecule has 0 unspecified atom stereocenters. The minimum absolute atomic E-state index is 0.0376. The Bertz CT molecular complexity index is 870. The maximum absolute atomic E-state index is 13.2. The van der Waals surface area contributed by atoms with Gasteiger partial charge in [0.15, 0.2) is 10.3 Å². The highest BCUT2D eigenvalue weighted by Gasteiger charge is 2.23. The molecule has 0 saturated carbocycles. The van der Waals surface area contributed by atoms with E-state index in [-0.39, 0.29) is 5.56 Å². The first-order valence-corrected chi connectivity index (χ1v) is 10.9. The molecule has 2 aromatic heterocycles. The Labute approximate surface area is 159 Å². The topological polar surface area (TPSA) is 59.4 Å². The van der Waals surface area contributed by atoms with Gasteiger partial charge in [0.1, 0.15) is 4.83 Å². The number of hydrogen-bond acceptors (Lipinski definition) is 6. The number of aryl methyl sites for hydroxylation is 2. The predicted molar refractivity (Wildman–Crippen MR) is 107 cm³/mol. The Morgan fingerprint density at radius 2 is 2.08 bits per heavy atom. The zero-order valence-electron chi connectivity index (χ0n) is 14.0. The second kappa shape index (κ2) is 7.22. The van der Waals surface area contributed by atoms with Crippen molar-refractivity contribution in [1.82, 2.24) is 14.6 Å². The molecule has 1 aliphatic heterocycles. The first kappa shape index (κ1) is 17.3. The molecule has 25 heavy (non-hydrogen) atoms. The molecule has 0 aromatic carbocycles. The molecule has 2 aromatic rings. The fourth-order valence-corrected chi connectivity index (χ4v) is 5.43. The maximum atomic E-state index is 13.2. The van der Waals surface area contributed by atoms with Gasteiger partial charge >= 0.3 is 0 Å². The molecule has 134 valence electrons. The van der Waals surface area contributed by atoms with Crippen molar-refractivity contribution in [2.45, 2.75) is 30.8 Å². The summed E-state index contributed by atoms with van der Waals surface area (Å²) in [6.45, 7) is 2.78. The van der Waals surface area contributed by atoms with Gasteiger partial charge in [-0.1, -0.05) is 11.8 Å². The molecule has 0 bridgehead atoms. The van der Waals surface area contributed by atoms with Gasteiger partial charge in [-0.05, 0) is 49.7 Å². The van der Waals surface area contributed by atoms with Gasteiger partial charge in [-0.3, -0.25) is 10.2 Å². The van der Waals surface area contributed by atoms with E-state index in [0.717, 1.165) is 42.6 Å². The van der Waals surface area contributed by atoms with Crippen molar-refractivity contribution < 1.29 is 4.74 Å². The molecule has 0 spiro atoms. The van der Waals surface area contributed by atoms with Crippen LogP contribution in [0.1, 0.15) is 23.3 Å². The number of thioether (sulfide) groups is 1. The van der Waals surface area contributed by atoms with Crippen LogP contribution in [-0.4, -0.2) is 52.2 Å². The highest BCUT2D eigenvalue weighted by atomic mass is 32.2. The quantitative estimate of drug-likeness (QED) is 0.474. The van der Waals surface area contributed by atoms with Crippen LogP contribution in [0.15, 0.2) is 9.95 Å². The molecule has 3 heterocycles. The number of aromatic nitrogens is 2. The number of ether oxygens (including phenoxy) is 1. The summed E-state index contributed by atoms with van der Waals surface area (Å²) in [5.74, 6) is 0. The van der Waals surface area contributed by atoms with E-state index < -0.39 is 0 Å². The van der Waals surface area contributed by atoms with Crippen molar-refractivity contribution in [2.24, 2.45) is 0 Å². The van der Waals surface area contributed by atoms with Gasteiger partial charge in [-0.15, -0.1) is 11.3 Å². The van der Waals surface area contributed by atoms with E-state index in [0.29, 0.717) is 23.5 Å². The predicted octanol–water partition coefficient (Wildman–Crippen LogP) is 2.22. The number of morpholine rings is 1. The number of fused-ring (bicyclic) bond motifs is 3. The van der Waals surface area contributed by atoms with Gasteiger partial charge in [-0.25, -0.2) is 4.98 Å². The minimum atomic E-state index is -0.0376. The van der Waals surface area contributed by atoms with Crippen molar-refractivity contribution in [3.05, 3.63) is 20.8 Å². The van der Waals surface area contributed by atoms with E-state index in [9.17, 15) is 4.79 Å². The van der Waals surface area contributed by atoms with Crippen LogP contribution < -0.4 is 11.0 Å². The Kier molecular flexibility index (Phi) is 4.99. The SMILES string of the molecule is CSc1nc2sc3c(c2c(=O)n1NC(=S)N1CCOCC1)CCCC3. The van der Waals surface area contributed by atoms with Gasteiger partial charge in [0.05, 0.1) is 18.6 Å². The van der Waals surface area contributed by atoms with Crippen molar-refractivity contribution >= 4 is 50.6 Å². The van der Waals surface area contributed by atoms with Crippen LogP contribution in [0.2, 0.25) is 0 Å². The lowest BCUT2D eigenvalue weighted by Crippen LogP contribution is -2.47. The zero-order valence-corrected chi connectivity index (χ0v) is 16.5. The standard InChI is InChI=1S/C16H20N4O2S3/c1-24-16-17-13-12(10-4-2-3-5-11(10)25-13)14(21)20(16)18-15(23)19-6-8-22-9-7-19/h2-9H2,1H3,(H,18,23). The largest absolute Gasteiger partial charge is 0.378 e. The fraction of sp³-hybridized carbons (Fsp3) is 0.562. The Hall–Kier alpha value is -1.16. The highest BCUT2D eigenvalue weighted by molar-refractivity contribution is 7.98. The molecule has 1 aliphatic carbocycles. The molecule has 0 radical (unpaired) electrons. The second-order valence-corrected chi connectivity index (χ2v) is 8.39. The summed E-state index contributed by atoms with van der Waals surface area (Å²) in [7, 11) is 0. The summed E-state index contributed by atoms with van der Waals surface area (Å²) in [6, 6.07) is 0. The van der Waals surface area contributed by atoms with E-state index in [1.807, 2.05) is 11.2 Å². The maximum Gasteiger partial charge on any atom is 0.282 e. The smallest absolute Gasteiger partial charge is 0.282 e. The van der Waals surface area contributed by atoms with Crippen LogP contribution in [0, 0.1) is 0 Å². The van der Waals surface area contributed by atoms with Crippen LogP contribution in [0.5, 0.6) is 0 Å². The van der Waals surface area contributed by atoms with Crippen molar-refractivity contribution in [3.8, 4) is 0 Å². The molecule has 1 fully saturated rings. The Morgan fingerprint density at radius 3 is 2.84 bits per heavy atom. The summed E-state index contributed by atoms with van der Waals surface area (Å²) in [4.78, 5) is 22.2. The monoisotopic (exact) mass is 396 g/mol. The molecule has 1 saturated heterocycles. The number of hydrogen-bond donors (Lipinski definition) is 1. The minimum Gasteiger partial charge on any atom is -0.378 e. The van der Waals surface area contributed by atoms with Crippen molar-refractivity contribution in [1.29, 1.82) is 0 Å². The summed E-state index contributed by atoms with van der Waals surface area (Å²) < 4.78 is 6.89. The lowest BCUT2D eigenvalue weighted by atomic mass is 9.97. The summed E-state index contributed by atoms with van der Waals surface area (Å²) in [6.07, 6.45) is 6.30. The number of nitrogens with one attached hydrogen (secondary N) is 1. The van der Waals surface area contributed by atoms with E-state index >= 15 is 0 Å². The van der Waals surface area contributed by atoms with Gasteiger partial charge in [0, 0.05) is 18.0 Å². The average molecular weight is 397 g/mol. The molecular weight excluding hydrogens is 376 g/mol. The van der Waals surface area contributed by atoms with Gasteiger partial charge in [0.25, 0.3) is 5.56 Å².